The van der Waals surface area contributed by atoms with Crippen LogP contribution in [0.3, 0.4) is 0 Å². The predicted octanol–water partition coefficient (Wildman–Crippen LogP) is 3.19. The Kier molecular flexibility index (Phi) is 19.8. The van der Waals surface area contributed by atoms with Crippen LogP contribution in [-0.2, 0) is 24.0 Å². The minimum absolute atomic E-state index is 0.0348. The van der Waals surface area contributed by atoms with E-state index in [1.165, 1.54) is 44.9 Å². The summed E-state index contributed by atoms with van der Waals surface area (Å²) in [5, 5.41) is 32.1. The summed E-state index contributed by atoms with van der Waals surface area (Å²) in [4.78, 5) is 58.4. The van der Waals surface area contributed by atoms with Gasteiger partial charge in [-0.2, -0.15) is 0 Å². The van der Waals surface area contributed by atoms with Gasteiger partial charge in [-0.25, -0.2) is 4.79 Å². The lowest BCUT2D eigenvalue weighted by molar-refractivity contribution is -0.143. The van der Waals surface area contributed by atoms with Crippen molar-refractivity contribution < 1.29 is 39.3 Å². The van der Waals surface area contributed by atoms with Crippen LogP contribution in [0, 0.1) is 0 Å². The minimum atomic E-state index is -1.32. The van der Waals surface area contributed by atoms with E-state index in [0.29, 0.717) is 6.42 Å². The fraction of sp³-hybridized carbons (Fsp3) is 0.808. The summed E-state index contributed by atoms with van der Waals surface area (Å²) in [6, 6.07) is -3.63. The number of hydrogen-bond donors (Lipinski definition) is 6. The Morgan fingerprint density at radius 2 is 1.16 bits per heavy atom. The molecule has 0 aromatic heterocycles. The summed E-state index contributed by atoms with van der Waals surface area (Å²) < 4.78 is 0. The average Bonchev–Trinajstić information content (AvgIpc) is 2.83. The molecule has 0 saturated heterocycles. The number of aliphatic carboxylic acids is 3. The number of carbonyl (C=O) groups is 5. The molecule has 11 nitrogen and oxygen atoms in total. The number of unbranched alkanes of at least 4 members (excludes halogenated alkanes) is 10. The molecular formula is C26H47N3O8. The number of carboxylic acid groups (broad SMARTS) is 3. The van der Waals surface area contributed by atoms with Gasteiger partial charge >= 0.3 is 17.9 Å². The summed E-state index contributed by atoms with van der Waals surface area (Å²) >= 11 is 0. The van der Waals surface area contributed by atoms with Crippen molar-refractivity contribution >= 4 is 29.7 Å². The molecule has 0 bridgehead atoms. The van der Waals surface area contributed by atoms with Crippen LogP contribution in [-0.4, -0.2) is 63.2 Å². The number of nitrogens with two attached hydrogens (primary N) is 1. The molecule has 2 unspecified atom stereocenters. The number of rotatable bonds is 24. The molecule has 0 aliphatic rings. The SMILES string of the molecule is CCCCCCCCCCCCCC(=O)N[C@H](CCC(=O)O)C(=O)NC(CCCC(N)C(=O)O)C(=O)O. The predicted molar refractivity (Wildman–Crippen MR) is 139 cm³/mol. The van der Waals surface area contributed by atoms with Crippen molar-refractivity contribution in [1.29, 1.82) is 0 Å². The van der Waals surface area contributed by atoms with E-state index >= 15 is 0 Å². The van der Waals surface area contributed by atoms with Gasteiger partial charge in [-0.3, -0.25) is 19.2 Å². The Morgan fingerprint density at radius 3 is 1.65 bits per heavy atom. The summed E-state index contributed by atoms with van der Waals surface area (Å²) in [5.74, 6) is -4.84. The third-order valence-electron chi connectivity index (χ3n) is 6.25. The highest BCUT2D eigenvalue weighted by atomic mass is 16.4. The molecule has 0 fully saturated rings. The molecular weight excluding hydrogens is 482 g/mol. The maximum Gasteiger partial charge on any atom is 0.326 e. The number of amides is 2. The van der Waals surface area contributed by atoms with E-state index in [2.05, 4.69) is 17.6 Å². The maximum atomic E-state index is 12.7. The molecule has 0 rings (SSSR count). The molecule has 7 N–H and O–H groups in total. The van der Waals surface area contributed by atoms with Crippen LogP contribution in [0.5, 0.6) is 0 Å². The van der Waals surface area contributed by atoms with Gasteiger partial charge in [-0.05, 0) is 32.1 Å². The van der Waals surface area contributed by atoms with Crippen molar-refractivity contribution in [2.45, 2.75) is 134 Å². The van der Waals surface area contributed by atoms with E-state index in [1.807, 2.05) is 0 Å². The van der Waals surface area contributed by atoms with Crippen LogP contribution in [0.25, 0.3) is 0 Å². The average molecular weight is 530 g/mol. The molecule has 0 saturated carbocycles. The molecule has 214 valence electrons. The van der Waals surface area contributed by atoms with Crippen LogP contribution in [0.4, 0.5) is 0 Å². The standard InChI is InChI=1S/C26H47N3O8/c1-2-3-4-5-6-7-8-9-10-11-12-16-22(30)28-20(17-18-23(31)32)24(33)29-21(26(36)37)15-13-14-19(27)25(34)35/h19-21H,2-18,27H2,1H3,(H,28,30)(H,29,33)(H,31,32)(H,34,35)(H,36,37)/t19?,20-,21?/m1/s1. The monoisotopic (exact) mass is 529 g/mol. The molecule has 3 atom stereocenters. The summed E-state index contributed by atoms with van der Waals surface area (Å²) in [7, 11) is 0. The first-order valence-electron chi connectivity index (χ1n) is 13.6. The zero-order chi connectivity index (χ0) is 28.1. The van der Waals surface area contributed by atoms with Crippen molar-refractivity contribution in [2.75, 3.05) is 0 Å². The summed E-state index contributed by atoms with van der Waals surface area (Å²) in [6.07, 6.45) is 12.3. The molecule has 0 aliphatic heterocycles. The maximum absolute atomic E-state index is 12.7. The Morgan fingerprint density at radius 1 is 0.622 bits per heavy atom. The lowest BCUT2D eigenvalue weighted by Crippen LogP contribution is -2.51. The fourth-order valence-corrected chi connectivity index (χ4v) is 3.95. The first kappa shape index (κ1) is 34.3. The van der Waals surface area contributed by atoms with Gasteiger partial charge in [-0.1, -0.05) is 71.1 Å². The fourth-order valence-electron chi connectivity index (χ4n) is 3.95. The van der Waals surface area contributed by atoms with Crippen LogP contribution in [0.1, 0.15) is 116 Å². The molecule has 0 radical (unpaired) electrons. The molecule has 0 spiro atoms. The van der Waals surface area contributed by atoms with E-state index < -0.39 is 41.9 Å². The van der Waals surface area contributed by atoms with Gasteiger partial charge < -0.3 is 31.7 Å². The molecule has 37 heavy (non-hydrogen) atoms. The molecule has 0 aromatic rings. The second kappa shape index (κ2) is 21.4. The number of nitrogens with one attached hydrogen (secondary N) is 2. The van der Waals surface area contributed by atoms with Crippen molar-refractivity contribution in [3.05, 3.63) is 0 Å². The van der Waals surface area contributed by atoms with Gasteiger partial charge in [0.05, 0.1) is 0 Å². The van der Waals surface area contributed by atoms with Gasteiger partial charge in [0.2, 0.25) is 11.8 Å². The zero-order valence-corrected chi connectivity index (χ0v) is 22.2. The van der Waals surface area contributed by atoms with Crippen LogP contribution < -0.4 is 16.4 Å². The minimum Gasteiger partial charge on any atom is -0.481 e. The second-order valence-electron chi connectivity index (χ2n) is 9.61. The Hall–Kier alpha value is -2.69. The van der Waals surface area contributed by atoms with Crippen LogP contribution in [0.15, 0.2) is 0 Å². The number of hydrogen-bond acceptors (Lipinski definition) is 6. The van der Waals surface area contributed by atoms with Crippen molar-refractivity contribution in [3.8, 4) is 0 Å². The quantitative estimate of drug-likeness (QED) is 0.102. The molecule has 0 aromatic carbocycles. The normalized spacial score (nSPS) is 13.4. The lowest BCUT2D eigenvalue weighted by atomic mass is 10.0. The Balaban J connectivity index is 4.50. The lowest BCUT2D eigenvalue weighted by Gasteiger charge is -2.21. The van der Waals surface area contributed by atoms with E-state index in [1.54, 1.807) is 0 Å². The molecule has 2 amide bonds. The van der Waals surface area contributed by atoms with Crippen molar-refractivity contribution in [3.63, 3.8) is 0 Å². The Labute approximate surface area is 219 Å². The number of carboxylic acids is 3. The van der Waals surface area contributed by atoms with E-state index in [4.69, 9.17) is 15.9 Å². The van der Waals surface area contributed by atoms with E-state index in [-0.39, 0.29) is 44.4 Å². The van der Waals surface area contributed by atoms with Gasteiger partial charge in [0.15, 0.2) is 0 Å². The zero-order valence-electron chi connectivity index (χ0n) is 22.2. The van der Waals surface area contributed by atoms with Crippen LogP contribution >= 0.6 is 0 Å². The third-order valence-corrected chi connectivity index (χ3v) is 6.25. The van der Waals surface area contributed by atoms with Crippen LogP contribution in [0.2, 0.25) is 0 Å². The van der Waals surface area contributed by atoms with Gasteiger partial charge in [0.1, 0.15) is 18.1 Å². The topological polar surface area (TPSA) is 196 Å². The second-order valence-corrected chi connectivity index (χ2v) is 9.61. The first-order chi connectivity index (χ1) is 17.6. The van der Waals surface area contributed by atoms with Gasteiger partial charge in [0, 0.05) is 12.8 Å². The van der Waals surface area contributed by atoms with Crippen molar-refractivity contribution in [2.24, 2.45) is 5.73 Å². The Bertz CT molecular complexity index is 701. The largest absolute Gasteiger partial charge is 0.481 e. The highest BCUT2D eigenvalue weighted by molar-refractivity contribution is 5.90. The highest BCUT2D eigenvalue weighted by Gasteiger charge is 2.27. The number of carbonyl (C=O) groups excluding carboxylic acids is 2. The third kappa shape index (κ3) is 19.1. The van der Waals surface area contributed by atoms with Gasteiger partial charge in [-0.15, -0.1) is 0 Å². The summed E-state index contributed by atoms with van der Waals surface area (Å²) in [6.45, 7) is 2.20. The van der Waals surface area contributed by atoms with Gasteiger partial charge in [0.25, 0.3) is 0 Å². The highest BCUT2D eigenvalue weighted by Crippen LogP contribution is 2.12. The molecule has 0 aliphatic carbocycles. The van der Waals surface area contributed by atoms with E-state index in [9.17, 15) is 29.1 Å². The van der Waals surface area contributed by atoms with E-state index in [0.717, 1.165) is 19.3 Å². The molecule has 11 heteroatoms. The summed E-state index contributed by atoms with van der Waals surface area (Å²) in [5.41, 5.74) is 5.41. The molecule has 0 heterocycles. The van der Waals surface area contributed by atoms with Crippen molar-refractivity contribution in [1.82, 2.24) is 10.6 Å². The first-order valence-corrected chi connectivity index (χ1v) is 13.6. The smallest absolute Gasteiger partial charge is 0.326 e.